The summed E-state index contributed by atoms with van der Waals surface area (Å²) in [6.07, 6.45) is 0. The molecule has 2 aromatic carbocycles. The van der Waals surface area contributed by atoms with E-state index in [1.165, 1.54) is 24.3 Å². The molecule has 23 heavy (non-hydrogen) atoms. The van der Waals surface area contributed by atoms with Gasteiger partial charge in [0.1, 0.15) is 0 Å². The topological polar surface area (TPSA) is 130 Å². The highest BCUT2D eigenvalue weighted by Gasteiger charge is 2.18. The average Bonchev–Trinajstić information content (AvgIpc) is 2.46. The van der Waals surface area contributed by atoms with Crippen molar-refractivity contribution in [2.75, 3.05) is 5.32 Å². The molecule has 0 saturated heterocycles. The monoisotopic (exact) mass is 336 g/mol. The van der Waals surface area contributed by atoms with E-state index in [1.54, 1.807) is 0 Å². The molecule has 0 aromatic heterocycles. The minimum absolute atomic E-state index is 0.00728. The zero-order chi connectivity index (χ0) is 17.1. The van der Waals surface area contributed by atoms with Gasteiger partial charge in [0.15, 0.2) is 0 Å². The second kappa shape index (κ2) is 6.32. The Labute approximate surface area is 134 Å². The third-order valence-electron chi connectivity index (χ3n) is 2.93. The lowest BCUT2D eigenvalue weighted by molar-refractivity contribution is -0.384. The van der Waals surface area contributed by atoms with Crippen LogP contribution in [0.2, 0.25) is 5.02 Å². The number of nitrogens with zero attached hydrogens (tertiary/aromatic N) is 1. The molecule has 0 amide bonds. The molecule has 0 saturated carbocycles. The maximum atomic E-state index is 11.3. The number of nitrogens with one attached hydrogen (secondary N) is 1. The second-order valence-electron chi connectivity index (χ2n) is 4.41. The maximum absolute atomic E-state index is 11.3. The van der Waals surface area contributed by atoms with Crippen LogP contribution in [0.1, 0.15) is 20.7 Å². The molecule has 0 fully saturated rings. The maximum Gasteiger partial charge on any atom is 0.338 e. The summed E-state index contributed by atoms with van der Waals surface area (Å²) in [5, 5.41) is 31.9. The lowest BCUT2D eigenvalue weighted by Crippen LogP contribution is -2.07. The van der Waals surface area contributed by atoms with E-state index in [4.69, 9.17) is 16.7 Å². The molecule has 0 atom stereocenters. The SMILES string of the molecule is O=C(O)c1ccc(Cl)cc1Nc1ccc([N+](=O)[O-])cc1C(=O)O. The average molecular weight is 337 g/mol. The lowest BCUT2D eigenvalue weighted by Gasteiger charge is -2.12. The van der Waals surface area contributed by atoms with Crippen LogP contribution in [-0.4, -0.2) is 27.1 Å². The Balaban J connectivity index is 2.52. The lowest BCUT2D eigenvalue weighted by atomic mass is 10.1. The third-order valence-corrected chi connectivity index (χ3v) is 3.16. The predicted molar refractivity (Wildman–Crippen MR) is 81.7 cm³/mol. The van der Waals surface area contributed by atoms with Crippen molar-refractivity contribution in [3.05, 3.63) is 62.7 Å². The zero-order valence-corrected chi connectivity index (χ0v) is 12.1. The van der Waals surface area contributed by atoms with Crippen LogP contribution in [0.3, 0.4) is 0 Å². The van der Waals surface area contributed by atoms with Gasteiger partial charge in [-0.15, -0.1) is 0 Å². The minimum atomic E-state index is -1.39. The summed E-state index contributed by atoms with van der Waals surface area (Å²) in [7, 11) is 0. The van der Waals surface area contributed by atoms with E-state index in [2.05, 4.69) is 5.32 Å². The predicted octanol–water partition coefficient (Wildman–Crippen LogP) is 3.39. The first-order valence-electron chi connectivity index (χ1n) is 6.11. The standard InChI is InChI=1S/C14H9ClN2O6/c15-7-1-3-9(13(18)19)12(5-7)16-11-4-2-8(17(22)23)6-10(11)14(20)21/h1-6,16H,(H,18,19)(H,20,21). The van der Waals surface area contributed by atoms with E-state index in [0.29, 0.717) is 0 Å². The van der Waals surface area contributed by atoms with E-state index in [9.17, 15) is 24.8 Å². The highest BCUT2D eigenvalue weighted by atomic mass is 35.5. The van der Waals surface area contributed by atoms with Gasteiger partial charge in [0, 0.05) is 17.2 Å². The van der Waals surface area contributed by atoms with Crippen molar-refractivity contribution in [1.29, 1.82) is 0 Å². The summed E-state index contributed by atoms with van der Waals surface area (Å²) >= 11 is 5.82. The van der Waals surface area contributed by atoms with Crippen LogP contribution in [-0.2, 0) is 0 Å². The molecule has 0 unspecified atom stereocenters. The van der Waals surface area contributed by atoms with Crippen molar-refractivity contribution in [3.63, 3.8) is 0 Å². The summed E-state index contributed by atoms with van der Waals surface area (Å²) in [4.78, 5) is 32.5. The Morgan fingerprint density at radius 3 is 2.22 bits per heavy atom. The van der Waals surface area contributed by atoms with Crippen LogP contribution < -0.4 is 5.32 Å². The van der Waals surface area contributed by atoms with E-state index >= 15 is 0 Å². The van der Waals surface area contributed by atoms with Crippen LogP contribution >= 0.6 is 11.6 Å². The fourth-order valence-electron chi connectivity index (χ4n) is 1.88. The third kappa shape index (κ3) is 3.55. The Bertz CT molecular complexity index is 821. The van der Waals surface area contributed by atoms with Gasteiger partial charge < -0.3 is 15.5 Å². The van der Waals surface area contributed by atoms with Gasteiger partial charge in [-0.25, -0.2) is 9.59 Å². The number of carboxylic acids is 2. The van der Waals surface area contributed by atoms with Gasteiger partial charge in [-0.1, -0.05) is 11.6 Å². The fraction of sp³-hybridized carbons (Fsp3) is 0. The van der Waals surface area contributed by atoms with Crippen LogP contribution in [0, 0.1) is 10.1 Å². The molecule has 9 heteroatoms. The number of carboxylic acid groups (broad SMARTS) is 2. The molecule has 2 aromatic rings. The van der Waals surface area contributed by atoms with E-state index in [-0.39, 0.29) is 27.5 Å². The molecule has 0 aliphatic carbocycles. The van der Waals surface area contributed by atoms with E-state index in [1.807, 2.05) is 0 Å². The van der Waals surface area contributed by atoms with E-state index in [0.717, 1.165) is 12.1 Å². The summed E-state index contributed by atoms with van der Waals surface area (Å²) < 4.78 is 0. The van der Waals surface area contributed by atoms with Crippen molar-refractivity contribution in [2.24, 2.45) is 0 Å². The van der Waals surface area contributed by atoms with Crippen LogP contribution in [0.25, 0.3) is 0 Å². The first-order chi connectivity index (χ1) is 10.8. The van der Waals surface area contributed by atoms with Crippen molar-refractivity contribution in [2.45, 2.75) is 0 Å². The number of aromatic carboxylic acids is 2. The number of hydrogen-bond acceptors (Lipinski definition) is 5. The van der Waals surface area contributed by atoms with Crippen molar-refractivity contribution in [1.82, 2.24) is 0 Å². The number of halogens is 1. The Kier molecular flexibility index (Phi) is 4.47. The number of benzene rings is 2. The molecule has 3 N–H and O–H groups in total. The zero-order valence-electron chi connectivity index (χ0n) is 11.3. The number of nitro benzene ring substituents is 1. The van der Waals surface area contributed by atoms with Gasteiger partial charge in [0.2, 0.25) is 0 Å². The molecule has 0 aliphatic heterocycles. The molecule has 2 rings (SSSR count). The molecular weight excluding hydrogens is 328 g/mol. The molecule has 0 bridgehead atoms. The van der Waals surface area contributed by atoms with Crippen LogP contribution in [0.5, 0.6) is 0 Å². The highest BCUT2D eigenvalue weighted by molar-refractivity contribution is 6.31. The number of carbonyl (C=O) groups is 2. The fourth-order valence-corrected chi connectivity index (χ4v) is 2.06. The number of rotatable bonds is 5. The molecule has 0 heterocycles. The molecule has 0 spiro atoms. The van der Waals surface area contributed by atoms with E-state index < -0.39 is 22.5 Å². The summed E-state index contributed by atoms with van der Waals surface area (Å²) in [6, 6.07) is 7.14. The summed E-state index contributed by atoms with van der Waals surface area (Å²) in [6.45, 7) is 0. The Hall–Kier alpha value is -3.13. The number of hydrogen-bond donors (Lipinski definition) is 3. The van der Waals surface area contributed by atoms with Gasteiger partial charge in [-0.05, 0) is 24.3 Å². The summed E-state index contributed by atoms with van der Waals surface area (Å²) in [5.74, 6) is -2.63. The number of anilines is 2. The van der Waals surface area contributed by atoms with Gasteiger partial charge >= 0.3 is 11.9 Å². The quantitative estimate of drug-likeness (QED) is 0.563. The van der Waals surface area contributed by atoms with Crippen LogP contribution in [0.15, 0.2) is 36.4 Å². The highest BCUT2D eigenvalue weighted by Crippen LogP contribution is 2.29. The van der Waals surface area contributed by atoms with Crippen LogP contribution in [0.4, 0.5) is 17.1 Å². The Morgan fingerprint density at radius 1 is 1.00 bits per heavy atom. The van der Waals surface area contributed by atoms with Crippen molar-refractivity contribution < 1.29 is 24.7 Å². The smallest absolute Gasteiger partial charge is 0.338 e. The first kappa shape index (κ1) is 16.2. The normalized spacial score (nSPS) is 10.1. The van der Waals surface area contributed by atoms with Gasteiger partial charge in [-0.3, -0.25) is 10.1 Å². The number of nitro groups is 1. The molecule has 0 radical (unpaired) electrons. The molecular formula is C14H9ClN2O6. The van der Waals surface area contributed by atoms with Gasteiger partial charge in [0.25, 0.3) is 5.69 Å². The summed E-state index contributed by atoms with van der Waals surface area (Å²) in [5.41, 5.74) is -0.800. The first-order valence-corrected chi connectivity index (χ1v) is 6.49. The molecule has 8 nitrogen and oxygen atoms in total. The van der Waals surface area contributed by atoms with Gasteiger partial charge in [0.05, 0.1) is 27.4 Å². The number of non-ortho nitro benzene ring substituents is 1. The van der Waals surface area contributed by atoms with Crippen molar-refractivity contribution >= 4 is 40.6 Å². The van der Waals surface area contributed by atoms with Gasteiger partial charge in [-0.2, -0.15) is 0 Å². The van der Waals surface area contributed by atoms with Crippen molar-refractivity contribution in [3.8, 4) is 0 Å². The Morgan fingerprint density at radius 2 is 1.65 bits per heavy atom. The second-order valence-corrected chi connectivity index (χ2v) is 4.85. The largest absolute Gasteiger partial charge is 0.478 e. The molecule has 118 valence electrons. The molecule has 0 aliphatic rings. The minimum Gasteiger partial charge on any atom is -0.478 e.